The lowest BCUT2D eigenvalue weighted by Gasteiger charge is -2.57. The number of halogens is 7. The predicted molar refractivity (Wildman–Crippen MR) is 143 cm³/mol. The SMILES string of the molecule is CC1(C)C(NC(=O)O)=N[C@](C)(c2nc(NCc3ccc(OCC(F)(F)C(F)F)cn3)ccc2F)[C@H]2CC(F)(F)CN[SH]21=O. The number of nitrogens with one attached hydrogen (secondary N) is 3. The maximum absolute atomic E-state index is 15.4. The molecule has 2 aliphatic rings. The number of alkyl halides is 6. The van der Waals surface area contributed by atoms with E-state index >= 15 is 4.39 Å². The summed E-state index contributed by atoms with van der Waals surface area (Å²) in [4.78, 5) is 24.1. The van der Waals surface area contributed by atoms with Crippen molar-refractivity contribution >= 4 is 27.9 Å². The summed E-state index contributed by atoms with van der Waals surface area (Å²) in [5.41, 5.74) is -2.16. The van der Waals surface area contributed by atoms with Crippen LogP contribution in [-0.4, -0.2) is 72.6 Å². The molecule has 4 heterocycles. The highest BCUT2D eigenvalue weighted by molar-refractivity contribution is 8.04. The van der Waals surface area contributed by atoms with E-state index in [1.165, 1.54) is 39.0 Å². The Morgan fingerprint density at radius 2 is 1.93 bits per heavy atom. The van der Waals surface area contributed by atoms with Gasteiger partial charge < -0.3 is 15.2 Å². The maximum Gasteiger partial charge on any atom is 0.410 e. The Labute approximate surface area is 242 Å². The van der Waals surface area contributed by atoms with Crippen LogP contribution in [0, 0.1) is 5.82 Å². The summed E-state index contributed by atoms with van der Waals surface area (Å²) in [7, 11) is -3.95. The number of amidine groups is 1. The lowest BCUT2D eigenvalue weighted by Crippen LogP contribution is -2.73. The molecular weight excluding hydrogens is 613 g/mol. The Morgan fingerprint density at radius 1 is 1.23 bits per heavy atom. The third-order valence-corrected chi connectivity index (χ3v) is 11.5. The predicted octanol–water partition coefficient (Wildman–Crippen LogP) is 4.11. The summed E-state index contributed by atoms with van der Waals surface area (Å²) >= 11 is 0. The van der Waals surface area contributed by atoms with Crippen LogP contribution >= 0.6 is 0 Å². The Kier molecular flexibility index (Phi) is 8.42. The molecule has 0 unspecified atom stereocenters. The quantitative estimate of drug-likeness (QED) is 0.216. The second-order valence-corrected chi connectivity index (χ2v) is 14.3. The smallest absolute Gasteiger partial charge is 0.410 e. The zero-order valence-corrected chi connectivity index (χ0v) is 23.9. The molecule has 2 atom stereocenters. The highest BCUT2D eigenvalue weighted by Crippen LogP contribution is 2.50. The molecule has 1 amide bonds. The van der Waals surface area contributed by atoms with E-state index in [9.17, 15) is 40.5 Å². The highest BCUT2D eigenvalue weighted by Gasteiger charge is 2.62. The summed E-state index contributed by atoms with van der Waals surface area (Å²) in [5, 5.41) is 12.8. The fourth-order valence-electron chi connectivity index (χ4n) is 4.98. The van der Waals surface area contributed by atoms with E-state index in [2.05, 4.69) is 35.1 Å². The minimum atomic E-state index is -4.34. The van der Waals surface area contributed by atoms with Crippen LogP contribution < -0.4 is 20.1 Å². The van der Waals surface area contributed by atoms with Gasteiger partial charge in [-0.2, -0.15) is 8.78 Å². The molecule has 2 aliphatic heterocycles. The van der Waals surface area contributed by atoms with Gasteiger partial charge in [0.05, 0.1) is 35.0 Å². The van der Waals surface area contributed by atoms with E-state index in [1.54, 1.807) is 0 Å². The van der Waals surface area contributed by atoms with Crippen LogP contribution in [0.2, 0.25) is 0 Å². The zero-order chi connectivity index (χ0) is 32.0. The van der Waals surface area contributed by atoms with Crippen molar-refractivity contribution in [3.8, 4) is 5.75 Å². The van der Waals surface area contributed by atoms with Crippen molar-refractivity contribution in [3.05, 3.63) is 47.7 Å². The molecule has 4 N–H and O–H groups in total. The number of carboxylic acid groups (broad SMARTS) is 1. The van der Waals surface area contributed by atoms with Gasteiger partial charge in [-0.3, -0.25) is 24.2 Å². The molecule has 2 aromatic heterocycles. The molecule has 1 saturated heterocycles. The molecule has 0 spiro atoms. The van der Waals surface area contributed by atoms with Crippen LogP contribution in [-0.2, 0) is 22.2 Å². The van der Waals surface area contributed by atoms with Gasteiger partial charge in [0.2, 0.25) is 0 Å². The number of amides is 1. The van der Waals surface area contributed by atoms with Gasteiger partial charge in [0.25, 0.3) is 5.92 Å². The van der Waals surface area contributed by atoms with Gasteiger partial charge in [-0.25, -0.2) is 31.7 Å². The number of ether oxygens (including phenoxy) is 1. The monoisotopic (exact) mass is 642 g/mol. The Morgan fingerprint density at radius 3 is 2.53 bits per heavy atom. The first-order chi connectivity index (χ1) is 19.8. The summed E-state index contributed by atoms with van der Waals surface area (Å²) in [6.07, 6.45) is -5.34. The molecule has 43 heavy (non-hydrogen) atoms. The number of carbonyl (C=O) groups is 1. The average molecular weight is 643 g/mol. The molecule has 0 radical (unpaired) electrons. The van der Waals surface area contributed by atoms with Crippen molar-refractivity contribution in [3.63, 3.8) is 0 Å². The topological polar surface area (TPSA) is 138 Å². The number of aromatic nitrogens is 2. The molecule has 2 aromatic rings. The largest absolute Gasteiger partial charge is 0.485 e. The Bertz CT molecular complexity index is 1460. The lowest BCUT2D eigenvalue weighted by atomic mass is 9.88. The number of aliphatic imine (C=N–C) groups is 1. The standard InChI is InChI=1S/C25H29F7N6O4S/c1-22(2)20(37-21(39)40)38-23(3,16-8-24(29,30)11-35-43(16,22)41)18-15(26)6-7-17(36-18)34-9-13-4-5-14(10-33-13)42-12-25(31,32)19(27)28/h4-7,10,16,19,43H,8-9,11-12H2,1-3H3,(H,34,36)(H,35,41)(H,37,38)(H,39,40)/t16-,23+/m1/s1. The van der Waals surface area contributed by atoms with Crippen LogP contribution in [0.25, 0.3) is 0 Å². The third-order valence-electron chi connectivity index (χ3n) is 7.46. The van der Waals surface area contributed by atoms with Gasteiger partial charge in [0, 0.05) is 6.42 Å². The third kappa shape index (κ3) is 6.25. The molecule has 1 fully saturated rings. The number of anilines is 1. The summed E-state index contributed by atoms with van der Waals surface area (Å²) in [6, 6.07) is 4.78. The van der Waals surface area contributed by atoms with Crippen molar-refractivity contribution in [1.29, 1.82) is 0 Å². The Hall–Kier alpha value is -3.54. The van der Waals surface area contributed by atoms with Crippen molar-refractivity contribution < 1.29 is 49.6 Å². The Balaban J connectivity index is 1.63. The minimum Gasteiger partial charge on any atom is -0.485 e. The van der Waals surface area contributed by atoms with Crippen molar-refractivity contribution in [1.82, 2.24) is 20.0 Å². The van der Waals surface area contributed by atoms with Crippen molar-refractivity contribution in [2.24, 2.45) is 4.99 Å². The number of thiol groups is 1. The number of pyridine rings is 2. The lowest BCUT2D eigenvalue weighted by molar-refractivity contribution is -0.148. The number of hydrogen-bond donors (Lipinski definition) is 5. The van der Waals surface area contributed by atoms with Crippen LogP contribution in [0.3, 0.4) is 0 Å². The first-order valence-corrected chi connectivity index (χ1v) is 14.6. The number of nitrogens with zero attached hydrogens (tertiary/aromatic N) is 3. The van der Waals surface area contributed by atoms with Crippen LogP contribution in [0.5, 0.6) is 5.75 Å². The fraction of sp³-hybridized carbons (Fsp3) is 0.520. The average Bonchev–Trinajstić information content (AvgIpc) is 2.92. The molecule has 0 bridgehead atoms. The first-order valence-electron chi connectivity index (χ1n) is 12.8. The molecular formula is C25H29F7N6O4S. The van der Waals surface area contributed by atoms with E-state index in [1.807, 2.05) is 0 Å². The molecule has 0 aromatic carbocycles. The highest BCUT2D eigenvalue weighted by atomic mass is 32.3. The molecule has 4 rings (SSSR count). The molecule has 18 heteroatoms. The van der Waals surface area contributed by atoms with Crippen LogP contribution in [0.15, 0.2) is 35.5 Å². The number of fused-ring (bicyclic) bond motifs is 1. The van der Waals surface area contributed by atoms with Crippen LogP contribution in [0.1, 0.15) is 38.6 Å². The van der Waals surface area contributed by atoms with Gasteiger partial charge in [-0.1, -0.05) is 0 Å². The van der Waals surface area contributed by atoms with E-state index in [0.717, 1.165) is 12.3 Å². The second-order valence-electron chi connectivity index (χ2n) is 10.9. The van der Waals surface area contributed by atoms with E-state index < -0.39 is 81.1 Å². The zero-order valence-electron chi connectivity index (χ0n) is 23.0. The van der Waals surface area contributed by atoms with Crippen molar-refractivity contribution in [2.45, 2.75) is 67.5 Å². The van der Waals surface area contributed by atoms with Crippen molar-refractivity contribution in [2.75, 3.05) is 18.5 Å². The van der Waals surface area contributed by atoms with E-state index in [-0.39, 0.29) is 23.9 Å². The van der Waals surface area contributed by atoms with E-state index in [4.69, 9.17) is 0 Å². The summed E-state index contributed by atoms with van der Waals surface area (Å²) in [5.74, 6) is -9.11. The molecule has 10 nitrogen and oxygen atoms in total. The second kappa shape index (κ2) is 11.2. The number of rotatable bonds is 8. The van der Waals surface area contributed by atoms with Gasteiger partial charge in [-0.05, 0) is 55.2 Å². The van der Waals surface area contributed by atoms with Crippen LogP contribution in [0.4, 0.5) is 41.3 Å². The molecule has 0 saturated carbocycles. The molecule has 238 valence electrons. The fourth-order valence-corrected chi connectivity index (χ4v) is 8.67. The van der Waals surface area contributed by atoms with Gasteiger partial charge in [0.1, 0.15) is 34.5 Å². The summed E-state index contributed by atoms with van der Waals surface area (Å²) < 4.78 is 115. The van der Waals surface area contributed by atoms with Gasteiger partial charge in [0.15, 0.2) is 6.61 Å². The molecule has 0 aliphatic carbocycles. The van der Waals surface area contributed by atoms with Gasteiger partial charge >= 0.3 is 18.4 Å². The summed E-state index contributed by atoms with van der Waals surface area (Å²) in [6.45, 7) is 1.53. The normalized spacial score (nSPS) is 24.8. The van der Waals surface area contributed by atoms with E-state index in [0.29, 0.717) is 5.69 Å². The first kappa shape index (κ1) is 32.4. The van der Waals surface area contributed by atoms with Gasteiger partial charge in [-0.15, -0.1) is 0 Å². The number of hydrogen-bond acceptors (Lipinski definition) is 7. The minimum absolute atomic E-state index is 0.0227. The maximum atomic E-state index is 15.4.